The Morgan fingerprint density at radius 2 is 2.21 bits per heavy atom. The maximum Gasteiger partial charge on any atom is 0.232 e. The summed E-state index contributed by atoms with van der Waals surface area (Å²) in [5.74, 6) is 1.81. The van der Waals surface area contributed by atoms with Crippen LogP contribution in [0, 0.1) is 0 Å². The molecule has 3 rings (SSSR count). The van der Waals surface area contributed by atoms with Gasteiger partial charge in [-0.05, 0) is 19.1 Å². The van der Waals surface area contributed by atoms with Crippen LogP contribution in [-0.4, -0.2) is 57.6 Å². The molecule has 1 amide bonds. The van der Waals surface area contributed by atoms with Crippen molar-refractivity contribution in [2.45, 2.75) is 24.7 Å². The van der Waals surface area contributed by atoms with Crippen LogP contribution in [-0.2, 0) is 11.3 Å². The normalized spacial score (nSPS) is 16.0. The number of ether oxygens (including phenoxy) is 2. The number of likely N-dealkylation sites (N-methyl/N-ethyl adjacent to an activating group) is 1. The predicted octanol–water partition coefficient (Wildman–Crippen LogP) is 1.69. The van der Waals surface area contributed by atoms with Gasteiger partial charge in [-0.2, -0.15) is 0 Å². The first kappa shape index (κ1) is 16.6. The highest BCUT2D eigenvalue weighted by molar-refractivity contribution is 7.99. The molecule has 1 aromatic heterocycles. The van der Waals surface area contributed by atoms with Crippen molar-refractivity contribution in [1.82, 2.24) is 19.7 Å². The van der Waals surface area contributed by atoms with Crippen molar-refractivity contribution in [1.29, 1.82) is 0 Å². The largest absolute Gasteiger partial charge is 0.486 e. The molecule has 0 bridgehead atoms. The summed E-state index contributed by atoms with van der Waals surface area (Å²) in [7, 11) is 1.78. The molecule has 2 aromatic rings. The van der Waals surface area contributed by atoms with E-state index in [4.69, 9.17) is 9.47 Å². The van der Waals surface area contributed by atoms with E-state index in [9.17, 15) is 4.79 Å². The Morgan fingerprint density at radius 1 is 1.42 bits per heavy atom. The number of aryl methyl sites for hydroxylation is 1. The first-order valence-electron chi connectivity index (χ1n) is 7.80. The quantitative estimate of drug-likeness (QED) is 0.740. The monoisotopic (exact) mass is 348 g/mol. The average molecular weight is 348 g/mol. The Kier molecular flexibility index (Phi) is 5.24. The number of fused-ring (bicyclic) bond motifs is 1. The van der Waals surface area contributed by atoms with Crippen LogP contribution in [0.3, 0.4) is 0 Å². The zero-order valence-electron chi connectivity index (χ0n) is 13.7. The molecular formula is C16H20N4O3S. The van der Waals surface area contributed by atoms with Crippen molar-refractivity contribution in [2.24, 2.45) is 0 Å². The lowest BCUT2D eigenvalue weighted by molar-refractivity contribution is -0.128. The summed E-state index contributed by atoms with van der Waals surface area (Å²) < 4.78 is 13.5. The van der Waals surface area contributed by atoms with Crippen LogP contribution in [0.15, 0.2) is 35.7 Å². The lowest BCUT2D eigenvalue weighted by Crippen LogP contribution is -2.42. The van der Waals surface area contributed by atoms with E-state index in [0.717, 1.165) is 23.2 Å². The molecule has 1 aliphatic heterocycles. The number of hydrogen-bond acceptors (Lipinski definition) is 6. The summed E-state index contributed by atoms with van der Waals surface area (Å²) >= 11 is 1.39. The number of benzene rings is 1. The lowest BCUT2D eigenvalue weighted by atomic mass is 10.2. The highest BCUT2D eigenvalue weighted by Crippen LogP contribution is 2.31. The lowest BCUT2D eigenvalue weighted by Gasteiger charge is -2.29. The SMILES string of the molecule is CCn1cnnc1SCC(=O)N(C)C[C@H]1COc2ccccc2O1. The van der Waals surface area contributed by atoms with Gasteiger partial charge in [0.25, 0.3) is 0 Å². The van der Waals surface area contributed by atoms with Crippen molar-refractivity contribution in [3.8, 4) is 11.5 Å². The van der Waals surface area contributed by atoms with Gasteiger partial charge in [0.05, 0.1) is 12.3 Å². The maximum atomic E-state index is 12.3. The molecule has 0 unspecified atom stereocenters. The molecule has 0 saturated carbocycles. The van der Waals surface area contributed by atoms with Gasteiger partial charge in [-0.15, -0.1) is 10.2 Å². The van der Waals surface area contributed by atoms with Crippen molar-refractivity contribution in [2.75, 3.05) is 26.0 Å². The van der Waals surface area contributed by atoms with Crippen LogP contribution < -0.4 is 9.47 Å². The second-order valence-electron chi connectivity index (χ2n) is 5.46. The van der Waals surface area contributed by atoms with Crippen LogP contribution in [0.25, 0.3) is 0 Å². The van der Waals surface area contributed by atoms with Gasteiger partial charge in [0, 0.05) is 13.6 Å². The van der Waals surface area contributed by atoms with E-state index in [2.05, 4.69) is 10.2 Å². The third-order valence-electron chi connectivity index (χ3n) is 3.72. The van der Waals surface area contributed by atoms with Crippen LogP contribution >= 0.6 is 11.8 Å². The molecular weight excluding hydrogens is 328 g/mol. The van der Waals surface area contributed by atoms with Gasteiger partial charge in [-0.25, -0.2) is 0 Å². The van der Waals surface area contributed by atoms with Crippen LogP contribution in [0.5, 0.6) is 11.5 Å². The van der Waals surface area contributed by atoms with Crippen LogP contribution in [0.4, 0.5) is 0 Å². The molecule has 24 heavy (non-hydrogen) atoms. The molecule has 0 N–H and O–H groups in total. The Balaban J connectivity index is 1.50. The summed E-state index contributed by atoms with van der Waals surface area (Å²) in [5.41, 5.74) is 0. The number of amides is 1. The molecule has 128 valence electrons. The first-order chi connectivity index (χ1) is 11.7. The fraction of sp³-hybridized carbons (Fsp3) is 0.438. The highest BCUT2D eigenvalue weighted by atomic mass is 32.2. The van der Waals surface area contributed by atoms with E-state index in [1.54, 1.807) is 18.3 Å². The third-order valence-corrected chi connectivity index (χ3v) is 4.68. The van der Waals surface area contributed by atoms with Gasteiger partial charge in [0.1, 0.15) is 12.9 Å². The minimum absolute atomic E-state index is 0.0214. The Labute approximate surface area is 145 Å². The maximum absolute atomic E-state index is 12.3. The highest BCUT2D eigenvalue weighted by Gasteiger charge is 2.23. The molecule has 1 aliphatic rings. The van der Waals surface area contributed by atoms with Gasteiger partial charge in [0.15, 0.2) is 22.8 Å². The van der Waals surface area contributed by atoms with Crippen molar-refractivity contribution in [3.63, 3.8) is 0 Å². The summed E-state index contributed by atoms with van der Waals surface area (Å²) in [5, 5.41) is 8.64. The number of nitrogens with zero attached hydrogens (tertiary/aromatic N) is 4. The van der Waals surface area contributed by atoms with E-state index < -0.39 is 0 Å². The molecule has 8 heteroatoms. The van der Waals surface area contributed by atoms with Crippen LogP contribution in [0.2, 0.25) is 0 Å². The first-order valence-corrected chi connectivity index (χ1v) is 8.79. The summed E-state index contributed by atoms with van der Waals surface area (Å²) in [6.07, 6.45) is 1.50. The average Bonchev–Trinajstić information content (AvgIpc) is 3.07. The zero-order valence-corrected chi connectivity index (χ0v) is 14.5. The standard InChI is InChI=1S/C16H20N4O3S/c1-3-20-11-17-18-16(20)24-10-15(21)19(2)8-12-9-22-13-6-4-5-7-14(13)23-12/h4-7,11-12H,3,8-10H2,1-2H3/t12-/m0/s1. The number of carbonyl (C=O) groups is 1. The fourth-order valence-corrected chi connectivity index (χ4v) is 3.29. The molecule has 7 nitrogen and oxygen atoms in total. The second-order valence-corrected chi connectivity index (χ2v) is 6.40. The van der Waals surface area contributed by atoms with Crippen molar-refractivity contribution in [3.05, 3.63) is 30.6 Å². The molecule has 0 saturated heterocycles. The van der Waals surface area contributed by atoms with Gasteiger partial charge < -0.3 is 18.9 Å². The van der Waals surface area contributed by atoms with Gasteiger partial charge in [0.2, 0.25) is 5.91 Å². The van der Waals surface area contributed by atoms with Gasteiger partial charge >= 0.3 is 0 Å². The number of rotatable bonds is 6. The Bertz CT molecular complexity index is 706. The van der Waals surface area contributed by atoms with Gasteiger partial charge in [-0.3, -0.25) is 4.79 Å². The molecule has 0 spiro atoms. The predicted molar refractivity (Wildman–Crippen MR) is 90.4 cm³/mol. The Hall–Kier alpha value is -2.22. The molecule has 1 aromatic carbocycles. The molecule has 1 atom stereocenters. The van der Waals surface area contributed by atoms with E-state index in [0.29, 0.717) is 18.9 Å². The smallest absolute Gasteiger partial charge is 0.232 e. The minimum atomic E-state index is -0.168. The molecule has 2 heterocycles. The molecule has 0 radical (unpaired) electrons. The second kappa shape index (κ2) is 7.57. The molecule has 0 fully saturated rings. The van der Waals surface area contributed by atoms with E-state index in [1.165, 1.54) is 11.8 Å². The van der Waals surface area contributed by atoms with E-state index in [-0.39, 0.29) is 12.0 Å². The van der Waals surface area contributed by atoms with Gasteiger partial charge in [-0.1, -0.05) is 23.9 Å². The number of hydrogen-bond donors (Lipinski definition) is 0. The number of carbonyl (C=O) groups excluding carboxylic acids is 1. The zero-order chi connectivity index (χ0) is 16.9. The number of aromatic nitrogens is 3. The number of para-hydroxylation sites is 2. The summed E-state index contributed by atoms with van der Waals surface area (Å²) in [6, 6.07) is 7.56. The van der Waals surface area contributed by atoms with E-state index >= 15 is 0 Å². The van der Waals surface area contributed by atoms with Crippen molar-refractivity contribution >= 4 is 17.7 Å². The minimum Gasteiger partial charge on any atom is -0.486 e. The summed E-state index contributed by atoms with van der Waals surface area (Å²) in [4.78, 5) is 14.0. The number of thioether (sulfide) groups is 1. The Morgan fingerprint density at radius 3 is 3.00 bits per heavy atom. The van der Waals surface area contributed by atoms with Crippen LogP contribution in [0.1, 0.15) is 6.92 Å². The topological polar surface area (TPSA) is 69.5 Å². The van der Waals surface area contributed by atoms with Crippen molar-refractivity contribution < 1.29 is 14.3 Å². The molecule has 0 aliphatic carbocycles. The summed E-state index contributed by atoms with van der Waals surface area (Å²) in [6.45, 7) is 3.71. The fourth-order valence-electron chi connectivity index (χ4n) is 2.37. The third kappa shape index (κ3) is 3.81. The van der Waals surface area contributed by atoms with E-state index in [1.807, 2.05) is 35.8 Å².